The first kappa shape index (κ1) is 18.6. The predicted octanol–water partition coefficient (Wildman–Crippen LogP) is 4.20. The average Bonchev–Trinajstić information content (AvgIpc) is 2.49. The molecule has 1 fully saturated rings. The predicted molar refractivity (Wildman–Crippen MR) is 88.7 cm³/mol. The van der Waals surface area contributed by atoms with E-state index in [1.54, 1.807) is 0 Å². The number of unbranched alkanes of at least 4 members (excludes halogenated alkanes) is 7. The van der Waals surface area contributed by atoms with Gasteiger partial charge >= 0.3 is 0 Å². The lowest BCUT2D eigenvalue weighted by atomic mass is 10.0. The molecule has 0 amide bonds. The fraction of sp³-hybridized carbons (Fsp3) is 0.944. The van der Waals surface area contributed by atoms with Crippen molar-refractivity contribution in [2.24, 2.45) is 0 Å². The van der Waals surface area contributed by atoms with Crippen molar-refractivity contribution in [2.45, 2.75) is 90.7 Å². The zero-order valence-electron chi connectivity index (χ0n) is 14.4. The van der Waals surface area contributed by atoms with E-state index in [1.807, 2.05) is 0 Å². The molecule has 1 aliphatic heterocycles. The first-order valence-corrected chi connectivity index (χ1v) is 9.03. The second kappa shape index (κ2) is 11.2. The summed E-state index contributed by atoms with van der Waals surface area (Å²) in [5, 5.41) is 0. The third-order valence-electron chi connectivity index (χ3n) is 4.46. The molecule has 1 saturated heterocycles. The molecule has 124 valence electrons. The van der Waals surface area contributed by atoms with Crippen LogP contribution >= 0.6 is 0 Å². The van der Waals surface area contributed by atoms with Crippen LogP contribution in [-0.2, 0) is 9.53 Å². The van der Waals surface area contributed by atoms with Gasteiger partial charge in [-0.1, -0.05) is 51.9 Å². The molecular weight excluding hydrogens is 262 g/mol. The quantitative estimate of drug-likeness (QED) is 0.535. The number of carbonyl (C=O) groups excluding carboxylic acids is 1. The number of Topliss-reactive ketones (excluding diaryl/α,β-unsaturated/α-hetero) is 1. The first-order chi connectivity index (χ1) is 10.1. The van der Waals surface area contributed by atoms with Crippen molar-refractivity contribution in [1.82, 2.24) is 4.90 Å². The van der Waals surface area contributed by atoms with E-state index in [0.717, 1.165) is 19.5 Å². The summed E-state index contributed by atoms with van der Waals surface area (Å²) in [6.45, 7) is 9.06. The van der Waals surface area contributed by atoms with Crippen LogP contribution in [0.1, 0.15) is 78.6 Å². The standard InChI is InChI=1S/C18H35NO2/c1-4-5-6-7-8-9-10-11-12-17(20)18-15-19(16(2)3)13-14-21-18/h16,18H,4-15H2,1-3H3. The largest absolute Gasteiger partial charge is 0.368 e. The van der Waals surface area contributed by atoms with E-state index in [-0.39, 0.29) is 6.10 Å². The van der Waals surface area contributed by atoms with Crippen LogP contribution < -0.4 is 0 Å². The normalized spacial score (nSPS) is 20.1. The number of ether oxygens (including phenoxy) is 1. The molecule has 21 heavy (non-hydrogen) atoms. The van der Waals surface area contributed by atoms with Crippen molar-refractivity contribution in [3.05, 3.63) is 0 Å². The molecule has 0 N–H and O–H groups in total. The van der Waals surface area contributed by atoms with Crippen LogP contribution in [0.5, 0.6) is 0 Å². The highest BCUT2D eigenvalue weighted by atomic mass is 16.5. The van der Waals surface area contributed by atoms with Crippen LogP contribution in [0.4, 0.5) is 0 Å². The maximum atomic E-state index is 12.2. The van der Waals surface area contributed by atoms with Gasteiger partial charge in [-0.25, -0.2) is 0 Å². The highest BCUT2D eigenvalue weighted by Crippen LogP contribution is 2.14. The Morgan fingerprint density at radius 2 is 1.71 bits per heavy atom. The highest BCUT2D eigenvalue weighted by molar-refractivity contribution is 5.83. The molecule has 0 aromatic rings. The van der Waals surface area contributed by atoms with Crippen molar-refractivity contribution in [3.63, 3.8) is 0 Å². The molecule has 0 spiro atoms. The Labute approximate surface area is 131 Å². The molecule has 1 heterocycles. The minimum atomic E-state index is -0.175. The first-order valence-electron chi connectivity index (χ1n) is 9.03. The average molecular weight is 297 g/mol. The van der Waals surface area contributed by atoms with Crippen molar-refractivity contribution in [3.8, 4) is 0 Å². The van der Waals surface area contributed by atoms with Gasteiger partial charge in [-0.2, -0.15) is 0 Å². The molecule has 0 aliphatic carbocycles. The Morgan fingerprint density at radius 3 is 2.33 bits per heavy atom. The molecule has 0 saturated carbocycles. The summed E-state index contributed by atoms with van der Waals surface area (Å²) >= 11 is 0. The van der Waals surface area contributed by atoms with E-state index in [0.29, 0.717) is 24.9 Å². The van der Waals surface area contributed by atoms with E-state index in [1.165, 1.54) is 44.9 Å². The van der Waals surface area contributed by atoms with Crippen molar-refractivity contribution in [2.75, 3.05) is 19.7 Å². The molecule has 1 unspecified atom stereocenters. The third-order valence-corrected chi connectivity index (χ3v) is 4.46. The number of ketones is 1. The monoisotopic (exact) mass is 297 g/mol. The molecular formula is C18H35NO2. The van der Waals surface area contributed by atoms with E-state index in [4.69, 9.17) is 4.74 Å². The number of hydrogen-bond acceptors (Lipinski definition) is 3. The fourth-order valence-corrected chi connectivity index (χ4v) is 2.93. The van der Waals surface area contributed by atoms with Crippen LogP contribution in [0, 0.1) is 0 Å². The summed E-state index contributed by atoms with van der Waals surface area (Å²) in [6.07, 6.45) is 10.8. The van der Waals surface area contributed by atoms with Gasteiger partial charge in [0.05, 0.1) is 6.61 Å². The Hall–Kier alpha value is -0.410. The molecule has 0 aromatic heterocycles. The number of morpholine rings is 1. The second-order valence-electron chi connectivity index (χ2n) is 6.64. The van der Waals surface area contributed by atoms with Gasteiger partial charge in [-0.05, 0) is 20.3 Å². The summed E-state index contributed by atoms with van der Waals surface area (Å²) in [6, 6.07) is 0.507. The molecule has 1 aliphatic rings. The minimum absolute atomic E-state index is 0.175. The molecule has 3 nitrogen and oxygen atoms in total. The molecule has 1 rings (SSSR count). The smallest absolute Gasteiger partial charge is 0.162 e. The zero-order chi connectivity index (χ0) is 15.5. The molecule has 0 radical (unpaired) electrons. The lowest BCUT2D eigenvalue weighted by Gasteiger charge is -2.34. The van der Waals surface area contributed by atoms with Gasteiger partial charge < -0.3 is 4.74 Å². The maximum absolute atomic E-state index is 12.2. The molecule has 1 atom stereocenters. The number of hydrogen-bond donors (Lipinski definition) is 0. The summed E-state index contributed by atoms with van der Waals surface area (Å²) in [7, 11) is 0. The van der Waals surface area contributed by atoms with Crippen LogP contribution in [0.3, 0.4) is 0 Å². The Bertz CT molecular complexity index is 278. The molecule has 0 aromatic carbocycles. The van der Waals surface area contributed by atoms with Crippen LogP contribution in [0.2, 0.25) is 0 Å². The number of rotatable bonds is 11. The summed E-state index contributed by atoms with van der Waals surface area (Å²) in [4.78, 5) is 14.5. The molecule has 3 heteroatoms. The Morgan fingerprint density at radius 1 is 1.10 bits per heavy atom. The Kier molecular flexibility index (Phi) is 9.94. The topological polar surface area (TPSA) is 29.5 Å². The van der Waals surface area contributed by atoms with E-state index < -0.39 is 0 Å². The van der Waals surface area contributed by atoms with Crippen LogP contribution in [0.15, 0.2) is 0 Å². The van der Waals surface area contributed by atoms with E-state index in [2.05, 4.69) is 25.7 Å². The summed E-state index contributed by atoms with van der Waals surface area (Å²) < 4.78 is 5.65. The van der Waals surface area contributed by atoms with Gasteiger partial charge in [0, 0.05) is 25.6 Å². The van der Waals surface area contributed by atoms with Gasteiger partial charge in [0.1, 0.15) is 6.10 Å². The van der Waals surface area contributed by atoms with Gasteiger partial charge in [-0.3, -0.25) is 9.69 Å². The number of carbonyl (C=O) groups is 1. The van der Waals surface area contributed by atoms with E-state index >= 15 is 0 Å². The van der Waals surface area contributed by atoms with Gasteiger partial charge in [0.15, 0.2) is 5.78 Å². The van der Waals surface area contributed by atoms with Crippen molar-refractivity contribution < 1.29 is 9.53 Å². The van der Waals surface area contributed by atoms with Gasteiger partial charge in [-0.15, -0.1) is 0 Å². The third kappa shape index (κ3) is 7.96. The lowest BCUT2D eigenvalue weighted by Crippen LogP contribution is -2.48. The van der Waals surface area contributed by atoms with Crippen molar-refractivity contribution in [1.29, 1.82) is 0 Å². The van der Waals surface area contributed by atoms with Crippen molar-refractivity contribution >= 4 is 5.78 Å². The molecule has 0 bridgehead atoms. The summed E-state index contributed by atoms with van der Waals surface area (Å²) in [5.41, 5.74) is 0. The van der Waals surface area contributed by atoms with Crippen LogP contribution in [-0.4, -0.2) is 42.5 Å². The Balaban J connectivity index is 2.05. The van der Waals surface area contributed by atoms with E-state index in [9.17, 15) is 4.79 Å². The maximum Gasteiger partial charge on any atom is 0.162 e. The van der Waals surface area contributed by atoms with Gasteiger partial charge in [0.2, 0.25) is 0 Å². The zero-order valence-corrected chi connectivity index (χ0v) is 14.4. The SMILES string of the molecule is CCCCCCCCCCC(=O)C1CN(C(C)C)CCO1. The number of nitrogens with zero attached hydrogens (tertiary/aromatic N) is 1. The second-order valence-corrected chi connectivity index (χ2v) is 6.64. The highest BCUT2D eigenvalue weighted by Gasteiger charge is 2.26. The lowest BCUT2D eigenvalue weighted by molar-refractivity contribution is -0.137. The van der Waals surface area contributed by atoms with Crippen LogP contribution in [0.25, 0.3) is 0 Å². The fourth-order valence-electron chi connectivity index (χ4n) is 2.93. The van der Waals surface area contributed by atoms with Gasteiger partial charge in [0.25, 0.3) is 0 Å². The minimum Gasteiger partial charge on any atom is -0.368 e. The summed E-state index contributed by atoms with van der Waals surface area (Å²) in [5.74, 6) is 0.311.